The number of fused-ring (bicyclic) bond motifs is 2. The van der Waals surface area contributed by atoms with Crippen molar-refractivity contribution in [1.29, 1.82) is 0 Å². The SMILES string of the molecule is O=C(O)c1ccc(N=Cc2c3ccccc3cc3ccccc23)cc1C(=O)O. The quantitative estimate of drug-likeness (QED) is 0.385. The lowest BCUT2D eigenvalue weighted by atomic mass is 9.97. The highest BCUT2D eigenvalue weighted by Crippen LogP contribution is 2.28. The molecular weight excluding hydrogens is 354 g/mol. The van der Waals surface area contributed by atoms with Crippen LogP contribution >= 0.6 is 0 Å². The van der Waals surface area contributed by atoms with E-state index in [1.54, 1.807) is 6.21 Å². The fourth-order valence-electron chi connectivity index (χ4n) is 3.30. The fraction of sp³-hybridized carbons (Fsp3) is 0. The van der Waals surface area contributed by atoms with Gasteiger partial charge in [-0.05, 0) is 45.8 Å². The molecule has 2 N–H and O–H groups in total. The predicted octanol–water partition coefficient (Wildman–Crippen LogP) is 5.14. The molecule has 0 aromatic heterocycles. The van der Waals surface area contributed by atoms with Gasteiger partial charge in [-0.2, -0.15) is 0 Å². The van der Waals surface area contributed by atoms with Gasteiger partial charge in [0.15, 0.2) is 0 Å². The van der Waals surface area contributed by atoms with E-state index in [0.717, 1.165) is 27.1 Å². The summed E-state index contributed by atoms with van der Waals surface area (Å²) >= 11 is 0. The van der Waals surface area contributed by atoms with E-state index in [1.165, 1.54) is 18.2 Å². The Kier molecular flexibility index (Phi) is 4.33. The van der Waals surface area contributed by atoms with Crippen molar-refractivity contribution in [2.75, 3.05) is 0 Å². The van der Waals surface area contributed by atoms with Crippen molar-refractivity contribution in [3.05, 3.63) is 89.5 Å². The van der Waals surface area contributed by atoms with Gasteiger partial charge in [-0.3, -0.25) is 4.99 Å². The number of hydrogen-bond acceptors (Lipinski definition) is 3. The van der Waals surface area contributed by atoms with Gasteiger partial charge < -0.3 is 10.2 Å². The molecular formula is C23H15NO4. The predicted molar refractivity (Wildman–Crippen MR) is 109 cm³/mol. The van der Waals surface area contributed by atoms with Crippen molar-refractivity contribution in [3.63, 3.8) is 0 Å². The van der Waals surface area contributed by atoms with Gasteiger partial charge in [0.05, 0.1) is 16.8 Å². The van der Waals surface area contributed by atoms with Crippen molar-refractivity contribution < 1.29 is 19.8 Å². The first kappa shape index (κ1) is 17.4. The fourth-order valence-corrected chi connectivity index (χ4v) is 3.30. The van der Waals surface area contributed by atoms with Crippen LogP contribution in [0.5, 0.6) is 0 Å². The van der Waals surface area contributed by atoms with Crippen LogP contribution in [0.1, 0.15) is 26.3 Å². The summed E-state index contributed by atoms with van der Waals surface area (Å²) in [5.74, 6) is -2.59. The maximum atomic E-state index is 11.4. The summed E-state index contributed by atoms with van der Waals surface area (Å²) in [7, 11) is 0. The summed E-state index contributed by atoms with van der Waals surface area (Å²) < 4.78 is 0. The Morgan fingerprint density at radius 1 is 0.714 bits per heavy atom. The monoisotopic (exact) mass is 369 g/mol. The zero-order chi connectivity index (χ0) is 19.7. The molecule has 4 aromatic carbocycles. The molecule has 4 rings (SSSR count). The lowest BCUT2D eigenvalue weighted by molar-refractivity contribution is 0.0651. The van der Waals surface area contributed by atoms with E-state index in [0.29, 0.717) is 5.69 Å². The van der Waals surface area contributed by atoms with E-state index in [4.69, 9.17) is 5.11 Å². The van der Waals surface area contributed by atoms with Crippen LogP contribution in [0.3, 0.4) is 0 Å². The molecule has 5 nitrogen and oxygen atoms in total. The zero-order valence-electron chi connectivity index (χ0n) is 14.7. The minimum absolute atomic E-state index is 0.262. The lowest BCUT2D eigenvalue weighted by Gasteiger charge is -2.08. The molecule has 0 aliphatic rings. The van der Waals surface area contributed by atoms with Gasteiger partial charge in [0.1, 0.15) is 0 Å². The van der Waals surface area contributed by atoms with Gasteiger partial charge in [-0.15, -0.1) is 0 Å². The molecule has 0 aliphatic heterocycles. The second kappa shape index (κ2) is 6.96. The first-order chi connectivity index (χ1) is 13.5. The number of aliphatic imine (C=N–C) groups is 1. The molecule has 0 unspecified atom stereocenters. The molecule has 28 heavy (non-hydrogen) atoms. The highest BCUT2D eigenvalue weighted by atomic mass is 16.4. The third-order valence-electron chi connectivity index (χ3n) is 4.62. The number of benzene rings is 4. The summed E-state index contributed by atoms with van der Waals surface area (Å²) in [6.07, 6.45) is 1.70. The van der Waals surface area contributed by atoms with Crippen molar-refractivity contribution >= 4 is 45.4 Å². The number of carboxylic acids is 2. The van der Waals surface area contributed by atoms with Crippen LogP contribution < -0.4 is 0 Å². The Labute approximate surface area is 160 Å². The van der Waals surface area contributed by atoms with Crippen molar-refractivity contribution in [2.24, 2.45) is 4.99 Å². The highest BCUT2D eigenvalue weighted by Gasteiger charge is 2.16. The first-order valence-electron chi connectivity index (χ1n) is 8.60. The van der Waals surface area contributed by atoms with Crippen LogP contribution in [0, 0.1) is 0 Å². The van der Waals surface area contributed by atoms with E-state index in [-0.39, 0.29) is 11.1 Å². The van der Waals surface area contributed by atoms with Gasteiger partial charge >= 0.3 is 11.9 Å². The number of nitrogens with zero attached hydrogens (tertiary/aromatic N) is 1. The molecule has 0 spiro atoms. The van der Waals surface area contributed by atoms with Crippen LogP contribution in [0.25, 0.3) is 21.5 Å². The van der Waals surface area contributed by atoms with Crippen LogP contribution in [0.2, 0.25) is 0 Å². The number of aromatic carboxylic acids is 2. The van der Waals surface area contributed by atoms with Gasteiger partial charge in [0.2, 0.25) is 0 Å². The largest absolute Gasteiger partial charge is 0.478 e. The lowest BCUT2D eigenvalue weighted by Crippen LogP contribution is -2.07. The second-order valence-corrected chi connectivity index (χ2v) is 6.33. The summed E-state index contributed by atoms with van der Waals surface area (Å²) in [5.41, 5.74) is 0.749. The highest BCUT2D eigenvalue weighted by molar-refractivity contribution is 6.13. The first-order valence-corrected chi connectivity index (χ1v) is 8.60. The number of rotatable bonds is 4. The average Bonchev–Trinajstić information content (AvgIpc) is 2.70. The summed E-state index contributed by atoms with van der Waals surface area (Å²) in [5, 5.41) is 22.7. The molecule has 0 bridgehead atoms. The molecule has 0 radical (unpaired) electrons. The van der Waals surface area contributed by atoms with Gasteiger partial charge in [0.25, 0.3) is 0 Å². The number of carbonyl (C=O) groups is 2. The van der Waals surface area contributed by atoms with Crippen LogP contribution in [-0.4, -0.2) is 28.4 Å². The van der Waals surface area contributed by atoms with E-state index in [9.17, 15) is 14.7 Å². The molecule has 0 saturated heterocycles. The van der Waals surface area contributed by atoms with E-state index >= 15 is 0 Å². The normalized spacial score (nSPS) is 11.3. The Hall–Kier alpha value is -3.99. The van der Waals surface area contributed by atoms with E-state index in [1.807, 2.05) is 48.5 Å². The Balaban J connectivity index is 1.88. The summed E-state index contributed by atoms with van der Waals surface area (Å²) in [6, 6.07) is 22.1. The second-order valence-electron chi connectivity index (χ2n) is 6.33. The molecule has 136 valence electrons. The number of hydrogen-bond donors (Lipinski definition) is 2. The Morgan fingerprint density at radius 2 is 1.29 bits per heavy atom. The molecule has 4 aromatic rings. The van der Waals surface area contributed by atoms with Crippen molar-refractivity contribution in [2.45, 2.75) is 0 Å². The number of carboxylic acid groups (broad SMARTS) is 2. The molecule has 0 atom stereocenters. The topological polar surface area (TPSA) is 87.0 Å². The molecule has 5 heteroatoms. The van der Waals surface area contributed by atoms with Crippen molar-refractivity contribution in [3.8, 4) is 0 Å². The van der Waals surface area contributed by atoms with Gasteiger partial charge in [-0.1, -0.05) is 48.5 Å². The van der Waals surface area contributed by atoms with Crippen LogP contribution in [0.4, 0.5) is 5.69 Å². The van der Waals surface area contributed by atoms with E-state index < -0.39 is 11.9 Å². The Bertz CT molecular complexity index is 1220. The third-order valence-corrected chi connectivity index (χ3v) is 4.62. The van der Waals surface area contributed by atoms with E-state index in [2.05, 4.69) is 11.1 Å². The minimum atomic E-state index is -1.30. The molecule has 0 amide bonds. The maximum Gasteiger partial charge on any atom is 0.336 e. The Morgan fingerprint density at radius 3 is 1.86 bits per heavy atom. The van der Waals surface area contributed by atoms with Gasteiger partial charge in [-0.25, -0.2) is 9.59 Å². The summed E-state index contributed by atoms with van der Waals surface area (Å²) in [6.45, 7) is 0. The zero-order valence-corrected chi connectivity index (χ0v) is 14.7. The van der Waals surface area contributed by atoms with Crippen LogP contribution in [0.15, 0.2) is 77.8 Å². The third kappa shape index (κ3) is 3.10. The standard InChI is InChI=1S/C23H15NO4/c25-22(26)19-10-9-16(12-20(19)23(27)28)24-13-21-17-7-3-1-5-14(17)11-15-6-2-4-8-18(15)21/h1-13H,(H,25,26)(H,27,28). The van der Waals surface area contributed by atoms with Crippen molar-refractivity contribution in [1.82, 2.24) is 0 Å². The maximum absolute atomic E-state index is 11.4. The average molecular weight is 369 g/mol. The van der Waals surface area contributed by atoms with Crippen LogP contribution in [-0.2, 0) is 0 Å². The smallest absolute Gasteiger partial charge is 0.336 e. The summed E-state index contributed by atoms with van der Waals surface area (Å²) in [4.78, 5) is 27.0. The molecule has 0 heterocycles. The van der Waals surface area contributed by atoms with Gasteiger partial charge in [0, 0.05) is 11.8 Å². The minimum Gasteiger partial charge on any atom is -0.478 e. The molecule has 0 saturated carbocycles. The molecule has 0 fully saturated rings. The molecule has 0 aliphatic carbocycles.